The van der Waals surface area contributed by atoms with Crippen LogP contribution in [0.3, 0.4) is 0 Å². The lowest BCUT2D eigenvalue weighted by Crippen LogP contribution is -1.90. The minimum Gasteiger partial charge on any atom is -0.493 e. The molecule has 0 unspecified atom stereocenters. The van der Waals surface area contributed by atoms with Crippen molar-refractivity contribution in [1.82, 2.24) is 9.97 Å². The predicted molar refractivity (Wildman–Crippen MR) is 120 cm³/mol. The lowest BCUT2D eigenvalue weighted by atomic mass is 10.0. The molecule has 29 heavy (non-hydrogen) atoms. The number of thiazole rings is 2. The smallest absolute Gasteiger partial charge is 0.190 e. The van der Waals surface area contributed by atoms with Gasteiger partial charge in [0, 0.05) is 23.3 Å². The van der Waals surface area contributed by atoms with Crippen molar-refractivity contribution in [3.05, 3.63) is 48.5 Å². The molecule has 0 radical (unpaired) electrons. The van der Waals surface area contributed by atoms with Gasteiger partial charge in [0.25, 0.3) is 0 Å². The number of ether oxygens (including phenoxy) is 2. The Morgan fingerprint density at radius 3 is 2.34 bits per heavy atom. The summed E-state index contributed by atoms with van der Waals surface area (Å²) in [6.45, 7) is 0. The van der Waals surface area contributed by atoms with Crippen molar-refractivity contribution in [3.8, 4) is 33.2 Å². The fourth-order valence-electron chi connectivity index (χ4n) is 3.87. The van der Waals surface area contributed by atoms with Crippen LogP contribution in [0, 0.1) is 0 Å². The van der Waals surface area contributed by atoms with Crippen molar-refractivity contribution in [1.29, 1.82) is 0 Å². The molecule has 6 rings (SSSR count). The molecule has 0 amide bonds. The molecule has 0 aliphatic heterocycles. The van der Waals surface area contributed by atoms with E-state index in [0.29, 0.717) is 11.5 Å². The molecule has 5 aromatic rings. The summed E-state index contributed by atoms with van der Waals surface area (Å²) in [6.07, 6.45) is 0. The van der Waals surface area contributed by atoms with Gasteiger partial charge in [-0.15, -0.1) is 0 Å². The summed E-state index contributed by atoms with van der Waals surface area (Å²) in [4.78, 5) is 10.8. The Labute approximate surface area is 174 Å². The molecule has 2 heterocycles. The number of methoxy groups -OCH3 is 2. The average Bonchev–Trinajstić information content (AvgIpc) is 3.41. The van der Waals surface area contributed by atoms with Crippen molar-refractivity contribution in [2.75, 3.05) is 19.5 Å². The summed E-state index contributed by atoms with van der Waals surface area (Å²) in [5.41, 5.74) is 4.39. The van der Waals surface area contributed by atoms with Crippen LogP contribution in [0.1, 0.15) is 0 Å². The first-order valence-corrected chi connectivity index (χ1v) is 10.7. The van der Waals surface area contributed by atoms with E-state index in [1.807, 2.05) is 12.1 Å². The Bertz CT molecular complexity index is 1320. The van der Waals surface area contributed by atoms with E-state index in [0.717, 1.165) is 26.2 Å². The third-order valence-corrected chi connectivity index (χ3v) is 7.08. The summed E-state index contributed by atoms with van der Waals surface area (Å²) in [7, 11) is 3.27. The van der Waals surface area contributed by atoms with Gasteiger partial charge in [-0.05, 0) is 10.8 Å². The first-order valence-electron chi connectivity index (χ1n) is 9.08. The van der Waals surface area contributed by atoms with Crippen LogP contribution in [0.15, 0.2) is 48.5 Å². The second-order valence-corrected chi connectivity index (χ2v) is 8.75. The van der Waals surface area contributed by atoms with Crippen LogP contribution >= 0.6 is 22.7 Å². The highest BCUT2D eigenvalue weighted by Crippen LogP contribution is 2.51. The van der Waals surface area contributed by atoms with Crippen molar-refractivity contribution in [2.24, 2.45) is 0 Å². The SMILES string of the molecule is COc1cc2nc(Nc3nc4c(s3)-c3cccc5cccc-4c35)sc2cc1OC. The zero-order valence-corrected chi connectivity index (χ0v) is 17.3. The molecule has 0 saturated carbocycles. The Kier molecular flexibility index (Phi) is 3.57. The fraction of sp³-hybridized carbons (Fsp3) is 0.0909. The number of nitrogens with zero attached hydrogens (tertiary/aromatic N) is 2. The molecule has 1 aliphatic carbocycles. The Morgan fingerprint density at radius 1 is 0.828 bits per heavy atom. The highest BCUT2D eigenvalue weighted by Gasteiger charge is 2.25. The number of anilines is 2. The summed E-state index contributed by atoms with van der Waals surface area (Å²) in [5, 5.41) is 7.60. The van der Waals surface area contributed by atoms with Gasteiger partial charge in [0.2, 0.25) is 0 Å². The minimum atomic E-state index is 0.676. The van der Waals surface area contributed by atoms with Gasteiger partial charge in [0.15, 0.2) is 21.8 Å². The van der Waals surface area contributed by atoms with Gasteiger partial charge in [-0.2, -0.15) is 0 Å². The standard InChI is InChI=1S/C22H15N3O2S2/c1-26-15-9-14-17(10-16(15)27-2)28-21(23-14)25-22-24-19-12-7-3-5-11-6-4-8-13(18(11)12)20(19)29-22/h3-10H,1-2H3,(H,23,24,25). The largest absolute Gasteiger partial charge is 0.493 e. The molecule has 0 bridgehead atoms. The molecule has 0 saturated heterocycles. The third kappa shape index (κ3) is 2.44. The molecule has 0 spiro atoms. The van der Waals surface area contributed by atoms with Gasteiger partial charge < -0.3 is 14.8 Å². The van der Waals surface area contributed by atoms with E-state index >= 15 is 0 Å². The Hall–Kier alpha value is -3.16. The van der Waals surface area contributed by atoms with Crippen molar-refractivity contribution in [2.45, 2.75) is 0 Å². The van der Waals surface area contributed by atoms with E-state index in [2.05, 4.69) is 41.7 Å². The summed E-state index contributed by atoms with van der Waals surface area (Å²) in [6, 6.07) is 16.7. The maximum atomic E-state index is 5.40. The predicted octanol–water partition coefficient (Wildman–Crippen LogP) is 6.31. The molecule has 5 nitrogen and oxygen atoms in total. The molecule has 3 aromatic carbocycles. The monoisotopic (exact) mass is 417 g/mol. The second kappa shape index (κ2) is 6.17. The zero-order valence-electron chi connectivity index (χ0n) is 15.6. The molecule has 1 aliphatic rings. The number of benzene rings is 3. The molecule has 142 valence electrons. The Balaban J connectivity index is 1.40. The third-order valence-electron chi connectivity index (χ3n) is 5.14. The summed E-state index contributed by atoms with van der Waals surface area (Å²) < 4.78 is 11.8. The van der Waals surface area contributed by atoms with Crippen LogP contribution < -0.4 is 14.8 Å². The van der Waals surface area contributed by atoms with E-state index < -0.39 is 0 Å². The van der Waals surface area contributed by atoms with E-state index in [9.17, 15) is 0 Å². The molecule has 2 aromatic heterocycles. The second-order valence-electron chi connectivity index (χ2n) is 6.72. The molecule has 0 fully saturated rings. The van der Waals surface area contributed by atoms with Crippen LogP contribution in [-0.2, 0) is 0 Å². The highest BCUT2D eigenvalue weighted by molar-refractivity contribution is 7.23. The van der Waals surface area contributed by atoms with E-state index in [1.54, 1.807) is 36.9 Å². The maximum absolute atomic E-state index is 5.40. The van der Waals surface area contributed by atoms with Crippen molar-refractivity contribution < 1.29 is 9.47 Å². The molecule has 0 atom stereocenters. The average molecular weight is 418 g/mol. The van der Waals surface area contributed by atoms with Crippen LogP contribution in [-0.4, -0.2) is 24.2 Å². The number of nitrogens with one attached hydrogen (secondary N) is 1. The van der Waals surface area contributed by atoms with Gasteiger partial charge in [-0.25, -0.2) is 9.97 Å². The summed E-state index contributed by atoms with van der Waals surface area (Å²) >= 11 is 3.24. The van der Waals surface area contributed by atoms with Crippen molar-refractivity contribution >= 4 is 53.9 Å². The maximum Gasteiger partial charge on any atom is 0.190 e. The first-order chi connectivity index (χ1) is 14.2. The minimum absolute atomic E-state index is 0.676. The van der Waals surface area contributed by atoms with E-state index in [4.69, 9.17) is 19.4 Å². The summed E-state index contributed by atoms with van der Waals surface area (Å²) in [5.74, 6) is 1.38. The number of fused-ring (bicyclic) bond motifs is 4. The highest BCUT2D eigenvalue weighted by atomic mass is 32.1. The van der Waals surface area contributed by atoms with Gasteiger partial charge >= 0.3 is 0 Å². The topological polar surface area (TPSA) is 56.3 Å². The first kappa shape index (κ1) is 16.8. The molecule has 1 N–H and O–H groups in total. The number of aromatic nitrogens is 2. The Morgan fingerprint density at radius 2 is 1.55 bits per heavy atom. The van der Waals surface area contributed by atoms with Gasteiger partial charge in [0.1, 0.15) is 0 Å². The van der Waals surface area contributed by atoms with Crippen LogP contribution in [0.2, 0.25) is 0 Å². The van der Waals surface area contributed by atoms with E-state index in [1.165, 1.54) is 26.8 Å². The van der Waals surface area contributed by atoms with Crippen LogP contribution in [0.5, 0.6) is 11.5 Å². The zero-order chi connectivity index (χ0) is 19.5. The quantitative estimate of drug-likeness (QED) is 0.364. The van der Waals surface area contributed by atoms with Gasteiger partial charge in [0.05, 0.1) is 35.0 Å². The van der Waals surface area contributed by atoms with Crippen LogP contribution in [0.25, 0.3) is 42.7 Å². The lowest BCUT2D eigenvalue weighted by molar-refractivity contribution is 0.356. The molecular weight excluding hydrogens is 402 g/mol. The lowest BCUT2D eigenvalue weighted by Gasteiger charge is -2.05. The number of hydrogen-bond donors (Lipinski definition) is 1. The fourth-order valence-corrected chi connectivity index (χ4v) is 5.82. The normalized spacial score (nSPS) is 11.8. The van der Waals surface area contributed by atoms with Gasteiger partial charge in [-0.3, -0.25) is 0 Å². The van der Waals surface area contributed by atoms with E-state index in [-0.39, 0.29) is 0 Å². The van der Waals surface area contributed by atoms with Gasteiger partial charge in [-0.1, -0.05) is 59.1 Å². The van der Waals surface area contributed by atoms with Crippen LogP contribution in [0.4, 0.5) is 10.3 Å². The number of hydrogen-bond acceptors (Lipinski definition) is 7. The molecular formula is C22H15N3O2S2. The van der Waals surface area contributed by atoms with Crippen molar-refractivity contribution in [3.63, 3.8) is 0 Å². The molecule has 7 heteroatoms. The number of rotatable bonds is 4.